The summed E-state index contributed by atoms with van der Waals surface area (Å²) in [7, 11) is 0. The lowest BCUT2D eigenvalue weighted by Gasteiger charge is -2.15. The summed E-state index contributed by atoms with van der Waals surface area (Å²) < 4.78 is 38.9. The van der Waals surface area contributed by atoms with E-state index in [0.29, 0.717) is 0 Å². The summed E-state index contributed by atoms with van der Waals surface area (Å²) in [6.07, 6.45) is -2.94. The highest BCUT2D eigenvalue weighted by atomic mass is 79.9. The summed E-state index contributed by atoms with van der Waals surface area (Å²) in [5.41, 5.74) is 5.02. The first-order chi connectivity index (χ1) is 9.36. The second kappa shape index (κ2) is 5.60. The molecule has 1 aliphatic carbocycles. The van der Waals surface area contributed by atoms with Crippen LogP contribution in [0.4, 0.5) is 13.2 Å². The van der Waals surface area contributed by atoms with Crippen LogP contribution < -0.4 is 5.73 Å². The first-order valence-corrected chi connectivity index (χ1v) is 7.23. The first-order valence-electron chi connectivity index (χ1n) is 6.11. The van der Waals surface area contributed by atoms with Crippen molar-refractivity contribution in [3.8, 4) is 0 Å². The van der Waals surface area contributed by atoms with Crippen LogP contribution in [0.25, 0.3) is 5.70 Å². The van der Waals surface area contributed by atoms with E-state index in [1.807, 2.05) is 0 Å². The Morgan fingerprint density at radius 3 is 2.40 bits per heavy atom. The number of hydrogen-bond donors (Lipinski definition) is 1. The van der Waals surface area contributed by atoms with Crippen molar-refractivity contribution < 1.29 is 18.0 Å². The van der Waals surface area contributed by atoms with E-state index in [9.17, 15) is 18.0 Å². The highest BCUT2D eigenvalue weighted by Gasteiger charge is 2.36. The van der Waals surface area contributed by atoms with E-state index >= 15 is 0 Å². The molecule has 108 valence electrons. The summed E-state index contributed by atoms with van der Waals surface area (Å²) >= 11 is 3.15. The standard InChI is InChI=1S/C14H13BrF3NO/c15-7-10(13(20)8-5-6-8)12(19)9-3-1-2-4-11(9)14(16,17)18/h1-4,8H,5-7,19H2. The summed E-state index contributed by atoms with van der Waals surface area (Å²) in [5.74, 6) is -0.240. The highest BCUT2D eigenvalue weighted by Crippen LogP contribution is 2.37. The van der Waals surface area contributed by atoms with Gasteiger partial charge in [-0.3, -0.25) is 4.79 Å². The zero-order valence-electron chi connectivity index (χ0n) is 10.5. The molecule has 0 saturated heterocycles. The Morgan fingerprint density at radius 2 is 1.90 bits per heavy atom. The van der Waals surface area contributed by atoms with Crippen LogP contribution in [0.15, 0.2) is 29.8 Å². The maximum Gasteiger partial charge on any atom is 0.417 e. The SMILES string of the molecule is NC(=C(CBr)C(=O)C1CC1)c1ccccc1C(F)(F)F. The van der Waals surface area contributed by atoms with Gasteiger partial charge in [-0.25, -0.2) is 0 Å². The lowest BCUT2D eigenvalue weighted by atomic mass is 9.98. The molecule has 0 bridgehead atoms. The van der Waals surface area contributed by atoms with Gasteiger partial charge >= 0.3 is 6.18 Å². The highest BCUT2D eigenvalue weighted by molar-refractivity contribution is 9.09. The number of ketones is 1. The van der Waals surface area contributed by atoms with E-state index in [4.69, 9.17) is 5.73 Å². The van der Waals surface area contributed by atoms with Crippen molar-refractivity contribution >= 4 is 27.4 Å². The Morgan fingerprint density at radius 1 is 1.30 bits per heavy atom. The summed E-state index contributed by atoms with van der Waals surface area (Å²) in [6.45, 7) is 0. The molecule has 0 aromatic heterocycles. The van der Waals surface area contributed by atoms with Crippen LogP contribution >= 0.6 is 15.9 Å². The fraction of sp³-hybridized carbons (Fsp3) is 0.357. The van der Waals surface area contributed by atoms with Gasteiger partial charge in [0.05, 0.1) is 5.56 Å². The molecule has 2 rings (SSSR count). The van der Waals surface area contributed by atoms with Crippen LogP contribution in [-0.2, 0) is 11.0 Å². The number of hydrogen-bond acceptors (Lipinski definition) is 2. The molecule has 0 amide bonds. The molecule has 1 fully saturated rings. The molecule has 6 heteroatoms. The van der Waals surface area contributed by atoms with Gasteiger partial charge in [0.1, 0.15) is 0 Å². The Bertz CT molecular complexity index is 562. The third-order valence-electron chi connectivity index (χ3n) is 3.23. The number of Topliss-reactive ketones (excluding diaryl/α,β-unsaturated/α-hetero) is 1. The smallest absolute Gasteiger partial charge is 0.398 e. The van der Waals surface area contributed by atoms with E-state index in [1.54, 1.807) is 0 Å². The normalized spacial score (nSPS) is 16.8. The molecule has 1 saturated carbocycles. The van der Waals surface area contributed by atoms with Crippen LogP contribution in [0.1, 0.15) is 24.0 Å². The zero-order valence-corrected chi connectivity index (χ0v) is 12.1. The first kappa shape index (κ1) is 15.1. The van der Waals surface area contributed by atoms with Crippen molar-refractivity contribution in [1.29, 1.82) is 0 Å². The Kier molecular flexibility index (Phi) is 4.22. The van der Waals surface area contributed by atoms with Crippen molar-refractivity contribution in [3.05, 3.63) is 41.0 Å². The van der Waals surface area contributed by atoms with E-state index in [-0.39, 0.29) is 33.9 Å². The Balaban J connectivity index is 2.51. The topological polar surface area (TPSA) is 43.1 Å². The lowest BCUT2D eigenvalue weighted by Crippen LogP contribution is -2.17. The molecule has 0 unspecified atom stereocenters. The number of halogens is 4. The van der Waals surface area contributed by atoms with Gasteiger partial charge in [-0.1, -0.05) is 34.1 Å². The molecule has 2 nitrogen and oxygen atoms in total. The number of nitrogens with two attached hydrogens (primary N) is 1. The van der Waals surface area contributed by atoms with E-state index < -0.39 is 11.7 Å². The number of alkyl halides is 4. The predicted molar refractivity (Wildman–Crippen MR) is 74.1 cm³/mol. The molecule has 1 aromatic carbocycles. The zero-order chi connectivity index (χ0) is 14.9. The minimum absolute atomic E-state index is 0.0841. The third kappa shape index (κ3) is 3.06. The average molecular weight is 348 g/mol. The largest absolute Gasteiger partial charge is 0.417 e. The molecule has 1 aliphatic rings. The average Bonchev–Trinajstić information content (AvgIpc) is 3.22. The van der Waals surface area contributed by atoms with Crippen LogP contribution in [0.2, 0.25) is 0 Å². The molecule has 20 heavy (non-hydrogen) atoms. The molecular formula is C14H13BrF3NO. The molecule has 0 aliphatic heterocycles. The number of allylic oxidation sites excluding steroid dienone is 1. The van der Waals surface area contributed by atoms with Gasteiger partial charge in [-0.2, -0.15) is 13.2 Å². The number of rotatable bonds is 4. The molecule has 0 heterocycles. The predicted octanol–water partition coefficient (Wildman–Crippen LogP) is 3.75. The molecule has 1 aromatic rings. The Labute approximate surface area is 123 Å². The number of carbonyl (C=O) groups is 1. The molecular weight excluding hydrogens is 335 g/mol. The van der Waals surface area contributed by atoms with Gasteiger partial charge in [0.25, 0.3) is 0 Å². The van der Waals surface area contributed by atoms with E-state index in [2.05, 4.69) is 15.9 Å². The summed E-state index contributed by atoms with van der Waals surface area (Å²) in [5, 5.41) is 0.153. The van der Waals surface area contributed by atoms with Crippen molar-refractivity contribution in [3.63, 3.8) is 0 Å². The second-order valence-electron chi connectivity index (χ2n) is 4.71. The van der Waals surface area contributed by atoms with Crippen LogP contribution in [-0.4, -0.2) is 11.1 Å². The fourth-order valence-electron chi connectivity index (χ4n) is 1.99. The molecule has 2 N–H and O–H groups in total. The number of carbonyl (C=O) groups excluding carboxylic acids is 1. The molecule has 0 radical (unpaired) electrons. The maximum atomic E-state index is 13.0. The van der Waals surface area contributed by atoms with Crippen LogP contribution in [0, 0.1) is 5.92 Å². The van der Waals surface area contributed by atoms with E-state index in [1.165, 1.54) is 18.2 Å². The van der Waals surface area contributed by atoms with Crippen LogP contribution in [0.5, 0.6) is 0 Å². The van der Waals surface area contributed by atoms with E-state index in [0.717, 1.165) is 18.9 Å². The monoisotopic (exact) mass is 347 g/mol. The minimum atomic E-state index is -4.50. The molecule has 0 spiro atoms. The summed E-state index contributed by atoms with van der Waals surface area (Å²) in [4.78, 5) is 12.1. The minimum Gasteiger partial charge on any atom is -0.398 e. The molecule has 0 atom stereocenters. The fourth-order valence-corrected chi connectivity index (χ4v) is 2.57. The van der Waals surface area contributed by atoms with Gasteiger partial charge < -0.3 is 5.73 Å². The summed E-state index contributed by atoms with van der Waals surface area (Å²) in [6, 6.07) is 5.04. The van der Waals surface area contributed by atoms with Gasteiger partial charge in [-0.15, -0.1) is 0 Å². The van der Waals surface area contributed by atoms with Crippen molar-refractivity contribution in [1.82, 2.24) is 0 Å². The lowest BCUT2D eigenvalue weighted by molar-refractivity contribution is -0.137. The van der Waals surface area contributed by atoms with Gasteiger partial charge in [0.2, 0.25) is 0 Å². The van der Waals surface area contributed by atoms with Gasteiger partial charge in [0.15, 0.2) is 5.78 Å². The van der Waals surface area contributed by atoms with Crippen molar-refractivity contribution in [2.24, 2.45) is 11.7 Å². The second-order valence-corrected chi connectivity index (χ2v) is 5.27. The quantitative estimate of drug-likeness (QED) is 0.665. The van der Waals surface area contributed by atoms with Crippen molar-refractivity contribution in [2.45, 2.75) is 19.0 Å². The Hall–Kier alpha value is -1.30. The van der Waals surface area contributed by atoms with Crippen LogP contribution in [0.3, 0.4) is 0 Å². The number of benzene rings is 1. The maximum absolute atomic E-state index is 13.0. The van der Waals surface area contributed by atoms with Crippen molar-refractivity contribution in [2.75, 3.05) is 5.33 Å². The van der Waals surface area contributed by atoms with Gasteiger partial charge in [-0.05, 0) is 18.9 Å². The van der Waals surface area contributed by atoms with Gasteiger partial charge in [0, 0.05) is 28.1 Å². The third-order valence-corrected chi connectivity index (χ3v) is 3.79.